The van der Waals surface area contributed by atoms with Crippen molar-refractivity contribution in [2.75, 3.05) is 44.9 Å². The second-order valence-electron chi connectivity index (χ2n) is 5.47. The number of halogens is 1. The first-order chi connectivity index (χ1) is 10.1. The van der Waals surface area contributed by atoms with Crippen LogP contribution in [0.3, 0.4) is 0 Å². The second kappa shape index (κ2) is 9.71. The molecule has 0 fully saturated rings. The fourth-order valence-electron chi connectivity index (χ4n) is 2.18. The number of aliphatic hydroxyl groups is 1. The Kier molecular flexibility index (Phi) is 8.27. The topological polar surface area (TPSA) is 44.7 Å². The Balaban J connectivity index is 2.89. The Morgan fingerprint density at radius 3 is 2.71 bits per heavy atom. The van der Waals surface area contributed by atoms with Gasteiger partial charge in [0.15, 0.2) is 0 Å². The van der Waals surface area contributed by atoms with Crippen molar-refractivity contribution in [1.82, 2.24) is 5.32 Å². The van der Waals surface area contributed by atoms with Crippen molar-refractivity contribution in [3.63, 3.8) is 0 Å². The van der Waals surface area contributed by atoms with Crippen LogP contribution in [0.1, 0.15) is 19.4 Å². The second-order valence-corrected chi connectivity index (χ2v) is 5.47. The van der Waals surface area contributed by atoms with Crippen LogP contribution in [0.4, 0.5) is 10.1 Å². The van der Waals surface area contributed by atoms with Crippen LogP contribution < -0.4 is 10.2 Å². The normalized spacial score (nSPS) is 11.1. The Hall–Kier alpha value is -1.17. The number of nitrogens with one attached hydrogen (secondary N) is 1. The van der Waals surface area contributed by atoms with E-state index >= 15 is 0 Å². The van der Waals surface area contributed by atoms with Crippen LogP contribution in [0.2, 0.25) is 0 Å². The van der Waals surface area contributed by atoms with Crippen molar-refractivity contribution < 1.29 is 14.2 Å². The number of benzene rings is 1. The van der Waals surface area contributed by atoms with Crippen LogP contribution >= 0.6 is 0 Å². The number of hydrogen-bond acceptors (Lipinski definition) is 4. The molecular formula is C16H27FN2O2. The number of nitrogens with zero attached hydrogens (tertiary/aromatic N) is 1. The van der Waals surface area contributed by atoms with E-state index in [0.717, 1.165) is 12.2 Å². The standard InChI is InChI=1S/C16H27FN2O2/c1-13(2)11-18-12-14-15(17)5-4-6-16(14)19(7-9-20)8-10-21-3/h4-6,13,18,20H,7-12H2,1-3H3. The number of aliphatic hydroxyl groups excluding tert-OH is 1. The molecule has 0 spiro atoms. The third-order valence-corrected chi connectivity index (χ3v) is 3.22. The molecule has 4 nitrogen and oxygen atoms in total. The molecule has 120 valence electrons. The van der Waals surface area contributed by atoms with Crippen molar-refractivity contribution in [3.8, 4) is 0 Å². The first-order valence-electron chi connectivity index (χ1n) is 7.43. The SMILES string of the molecule is COCCN(CCO)c1cccc(F)c1CNCC(C)C. The summed E-state index contributed by atoms with van der Waals surface area (Å²) >= 11 is 0. The molecule has 0 aliphatic heterocycles. The molecule has 21 heavy (non-hydrogen) atoms. The molecule has 5 heteroatoms. The molecule has 0 aliphatic carbocycles. The maximum Gasteiger partial charge on any atom is 0.129 e. The van der Waals surface area contributed by atoms with E-state index < -0.39 is 0 Å². The molecule has 1 aromatic rings. The van der Waals surface area contributed by atoms with Crippen LogP contribution in [-0.2, 0) is 11.3 Å². The molecule has 0 atom stereocenters. The van der Waals surface area contributed by atoms with Gasteiger partial charge in [-0.1, -0.05) is 19.9 Å². The van der Waals surface area contributed by atoms with Gasteiger partial charge in [0.2, 0.25) is 0 Å². The monoisotopic (exact) mass is 298 g/mol. The molecule has 2 N–H and O–H groups in total. The van der Waals surface area contributed by atoms with Gasteiger partial charge in [0, 0.05) is 38.0 Å². The molecule has 0 bridgehead atoms. The molecule has 0 amide bonds. The highest BCUT2D eigenvalue weighted by Crippen LogP contribution is 2.23. The molecule has 0 heterocycles. The van der Waals surface area contributed by atoms with Gasteiger partial charge in [0.1, 0.15) is 5.82 Å². The summed E-state index contributed by atoms with van der Waals surface area (Å²) in [5.41, 5.74) is 1.46. The van der Waals surface area contributed by atoms with Crippen LogP contribution in [-0.4, -0.2) is 45.1 Å². The lowest BCUT2D eigenvalue weighted by Crippen LogP contribution is -2.32. The number of methoxy groups -OCH3 is 1. The first-order valence-corrected chi connectivity index (χ1v) is 7.43. The van der Waals surface area contributed by atoms with E-state index in [1.807, 2.05) is 11.0 Å². The van der Waals surface area contributed by atoms with Crippen LogP contribution in [0.5, 0.6) is 0 Å². The number of anilines is 1. The first kappa shape index (κ1) is 17.9. The number of hydrogen-bond donors (Lipinski definition) is 2. The van der Waals surface area contributed by atoms with E-state index in [1.165, 1.54) is 6.07 Å². The molecule has 1 aromatic carbocycles. The fraction of sp³-hybridized carbons (Fsp3) is 0.625. The predicted octanol–water partition coefficient (Wildman–Crippen LogP) is 2.02. The summed E-state index contributed by atoms with van der Waals surface area (Å²) in [4.78, 5) is 1.96. The molecule has 0 radical (unpaired) electrons. The zero-order valence-electron chi connectivity index (χ0n) is 13.2. The maximum absolute atomic E-state index is 14.1. The summed E-state index contributed by atoms with van der Waals surface area (Å²) in [5, 5.41) is 12.5. The number of ether oxygens (including phenoxy) is 1. The maximum atomic E-state index is 14.1. The van der Waals surface area contributed by atoms with Crippen molar-refractivity contribution in [2.45, 2.75) is 20.4 Å². The summed E-state index contributed by atoms with van der Waals surface area (Å²) in [7, 11) is 1.63. The van der Waals surface area contributed by atoms with E-state index in [0.29, 0.717) is 37.7 Å². The average Bonchev–Trinajstić information content (AvgIpc) is 2.45. The third-order valence-electron chi connectivity index (χ3n) is 3.22. The van der Waals surface area contributed by atoms with Gasteiger partial charge in [0.05, 0.1) is 13.2 Å². The van der Waals surface area contributed by atoms with Gasteiger partial charge in [-0.25, -0.2) is 4.39 Å². The van der Waals surface area contributed by atoms with E-state index in [9.17, 15) is 9.50 Å². The van der Waals surface area contributed by atoms with Gasteiger partial charge in [-0.3, -0.25) is 0 Å². The van der Waals surface area contributed by atoms with Crippen LogP contribution in [0.25, 0.3) is 0 Å². The summed E-state index contributed by atoms with van der Waals surface area (Å²) in [6.07, 6.45) is 0. The highest BCUT2D eigenvalue weighted by atomic mass is 19.1. The smallest absolute Gasteiger partial charge is 0.129 e. The highest BCUT2D eigenvalue weighted by Gasteiger charge is 2.14. The van der Waals surface area contributed by atoms with Crippen LogP contribution in [0, 0.1) is 11.7 Å². The zero-order valence-corrected chi connectivity index (χ0v) is 13.2. The summed E-state index contributed by atoms with van der Waals surface area (Å²) < 4.78 is 19.2. The Morgan fingerprint density at radius 1 is 1.33 bits per heavy atom. The summed E-state index contributed by atoms with van der Waals surface area (Å²) in [5.74, 6) is 0.298. The van der Waals surface area contributed by atoms with Gasteiger partial charge in [-0.2, -0.15) is 0 Å². The Bertz CT molecular complexity index is 413. The molecule has 0 unspecified atom stereocenters. The molecule has 0 aliphatic rings. The fourth-order valence-corrected chi connectivity index (χ4v) is 2.18. The molecule has 1 rings (SSSR count). The van der Waals surface area contributed by atoms with E-state index in [2.05, 4.69) is 19.2 Å². The van der Waals surface area contributed by atoms with Crippen molar-refractivity contribution >= 4 is 5.69 Å². The lowest BCUT2D eigenvalue weighted by molar-refractivity contribution is 0.203. The minimum Gasteiger partial charge on any atom is -0.395 e. The van der Waals surface area contributed by atoms with E-state index in [1.54, 1.807) is 13.2 Å². The summed E-state index contributed by atoms with van der Waals surface area (Å²) in [6.45, 7) is 7.20. The number of rotatable bonds is 10. The van der Waals surface area contributed by atoms with Gasteiger partial charge in [-0.05, 0) is 24.6 Å². The zero-order chi connectivity index (χ0) is 15.7. The molecule has 0 saturated heterocycles. The lowest BCUT2D eigenvalue weighted by Gasteiger charge is -2.26. The highest BCUT2D eigenvalue weighted by molar-refractivity contribution is 5.54. The third kappa shape index (κ3) is 5.99. The minimum atomic E-state index is -0.218. The van der Waals surface area contributed by atoms with Crippen molar-refractivity contribution in [1.29, 1.82) is 0 Å². The lowest BCUT2D eigenvalue weighted by atomic mass is 10.1. The Labute approximate surface area is 126 Å². The van der Waals surface area contributed by atoms with Gasteiger partial charge < -0.3 is 20.1 Å². The van der Waals surface area contributed by atoms with Crippen molar-refractivity contribution in [2.24, 2.45) is 5.92 Å². The summed E-state index contributed by atoms with van der Waals surface area (Å²) in [6, 6.07) is 5.07. The van der Waals surface area contributed by atoms with Crippen LogP contribution in [0.15, 0.2) is 18.2 Å². The minimum absolute atomic E-state index is 0.0269. The van der Waals surface area contributed by atoms with Gasteiger partial charge in [0.25, 0.3) is 0 Å². The molecular weight excluding hydrogens is 271 g/mol. The van der Waals surface area contributed by atoms with Gasteiger partial charge in [-0.15, -0.1) is 0 Å². The Morgan fingerprint density at radius 2 is 2.10 bits per heavy atom. The quantitative estimate of drug-likeness (QED) is 0.694. The van der Waals surface area contributed by atoms with Gasteiger partial charge >= 0.3 is 0 Å². The van der Waals surface area contributed by atoms with E-state index in [4.69, 9.17) is 4.74 Å². The molecule has 0 aromatic heterocycles. The van der Waals surface area contributed by atoms with E-state index in [-0.39, 0.29) is 12.4 Å². The van der Waals surface area contributed by atoms with Crippen molar-refractivity contribution in [3.05, 3.63) is 29.6 Å². The average molecular weight is 298 g/mol. The largest absolute Gasteiger partial charge is 0.395 e. The molecule has 0 saturated carbocycles. The predicted molar refractivity (Wildman–Crippen MR) is 84.1 cm³/mol.